The van der Waals surface area contributed by atoms with E-state index >= 15 is 0 Å². The minimum atomic E-state index is 0.0195. The van der Waals surface area contributed by atoms with Gasteiger partial charge in [-0.15, -0.1) is 0 Å². The van der Waals surface area contributed by atoms with E-state index in [0.29, 0.717) is 12.0 Å². The molecule has 3 rings (SSSR count). The van der Waals surface area contributed by atoms with E-state index in [2.05, 4.69) is 15.2 Å². The molecule has 0 aliphatic rings. The first-order valence-electron chi connectivity index (χ1n) is 5.53. The molecular weight excluding hydrogens is 230 g/mol. The molecule has 3 aromatic rings. The van der Waals surface area contributed by atoms with Crippen LogP contribution in [0.3, 0.4) is 0 Å². The number of aryl methyl sites for hydroxylation is 1. The van der Waals surface area contributed by atoms with Crippen LogP contribution in [0.2, 0.25) is 0 Å². The van der Waals surface area contributed by atoms with E-state index in [4.69, 9.17) is 0 Å². The number of fused-ring (bicyclic) bond motifs is 1. The molecule has 0 aliphatic carbocycles. The topological polar surface area (TPSA) is 65.1 Å². The first-order valence-corrected chi connectivity index (χ1v) is 5.53. The van der Waals surface area contributed by atoms with Crippen LogP contribution in [0, 0.1) is 0 Å². The number of aromatic nitrogens is 5. The molecule has 0 fully saturated rings. The van der Waals surface area contributed by atoms with Crippen molar-refractivity contribution in [3.8, 4) is 0 Å². The average Bonchev–Trinajstić information content (AvgIpc) is 2.96. The first-order chi connectivity index (χ1) is 8.72. The van der Waals surface area contributed by atoms with Gasteiger partial charge in [-0.25, -0.2) is 9.50 Å². The molecule has 0 saturated carbocycles. The normalized spacial score (nSPS) is 10.9. The van der Waals surface area contributed by atoms with Crippen LogP contribution in [0.5, 0.6) is 0 Å². The predicted molar refractivity (Wildman–Crippen MR) is 64.2 cm³/mol. The third-order valence-electron chi connectivity index (χ3n) is 2.71. The van der Waals surface area contributed by atoms with E-state index in [-0.39, 0.29) is 5.78 Å². The van der Waals surface area contributed by atoms with E-state index in [0.717, 1.165) is 11.3 Å². The Hall–Kier alpha value is -2.50. The van der Waals surface area contributed by atoms with Crippen molar-refractivity contribution in [3.05, 3.63) is 48.2 Å². The van der Waals surface area contributed by atoms with Gasteiger partial charge in [-0.3, -0.25) is 9.48 Å². The van der Waals surface area contributed by atoms with Gasteiger partial charge in [-0.1, -0.05) is 0 Å². The van der Waals surface area contributed by atoms with Gasteiger partial charge in [0.1, 0.15) is 6.33 Å². The zero-order valence-electron chi connectivity index (χ0n) is 9.82. The molecular formula is C12H11N5O. The SMILES string of the molecule is Cn1ccc(CC(=O)c2ccc3ncnn3c2)n1. The molecule has 18 heavy (non-hydrogen) atoms. The second-order valence-corrected chi connectivity index (χ2v) is 4.06. The Balaban J connectivity index is 1.87. The van der Waals surface area contributed by atoms with Crippen LogP contribution in [0.4, 0.5) is 0 Å². The third-order valence-corrected chi connectivity index (χ3v) is 2.71. The smallest absolute Gasteiger partial charge is 0.170 e. The van der Waals surface area contributed by atoms with Gasteiger partial charge < -0.3 is 0 Å². The Labute approximate surface area is 103 Å². The molecule has 0 bridgehead atoms. The van der Waals surface area contributed by atoms with E-state index in [1.165, 1.54) is 6.33 Å². The number of ketones is 1. The molecule has 0 unspecified atom stereocenters. The van der Waals surface area contributed by atoms with Crippen LogP contribution in [0.15, 0.2) is 36.9 Å². The predicted octanol–water partition coefficient (Wildman–Crippen LogP) is 0.888. The third kappa shape index (κ3) is 1.88. The summed E-state index contributed by atoms with van der Waals surface area (Å²) in [6.45, 7) is 0. The lowest BCUT2D eigenvalue weighted by Gasteiger charge is -1.99. The van der Waals surface area contributed by atoms with Crippen LogP contribution in [0.1, 0.15) is 16.1 Å². The fourth-order valence-electron chi connectivity index (χ4n) is 1.81. The molecule has 0 aromatic carbocycles. The maximum Gasteiger partial charge on any atom is 0.170 e. The van der Waals surface area contributed by atoms with Crippen molar-refractivity contribution in [2.45, 2.75) is 6.42 Å². The standard InChI is InChI=1S/C12H11N5O/c1-16-5-4-10(15-16)6-11(18)9-2-3-12-13-8-14-17(12)7-9/h2-5,7-8H,6H2,1H3. The van der Waals surface area contributed by atoms with Crippen LogP contribution in [0.25, 0.3) is 5.65 Å². The molecule has 90 valence electrons. The Morgan fingerprint density at radius 2 is 2.22 bits per heavy atom. The van der Waals surface area contributed by atoms with Crippen LogP contribution in [-0.4, -0.2) is 30.2 Å². The number of hydrogen-bond acceptors (Lipinski definition) is 4. The second kappa shape index (κ2) is 4.06. The van der Waals surface area contributed by atoms with Crippen LogP contribution < -0.4 is 0 Å². The monoisotopic (exact) mass is 241 g/mol. The zero-order valence-corrected chi connectivity index (χ0v) is 9.82. The van der Waals surface area contributed by atoms with E-state index in [1.54, 1.807) is 27.5 Å². The summed E-state index contributed by atoms with van der Waals surface area (Å²) < 4.78 is 3.27. The summed E-state index contributed by atoms with van der Waals surface area (Å²) in [5, 5.41) is 8.20. The molecule has 0 amide bonds. The Kier molecular flexibility index (Phi) is 2.40. The molecule has 0 aliphatic heterocycles. The van der Waals surface area contributed by atoms with E-state index in [1.807, 2.05) is 19.3 Å². The van der Waals surface area contributed by atoms with Crippen LogP contribution in [-0.2, 0) is 13.5 Å². The molecule has 6 nitrogen and oxygen atoms in total. The summed E-state index contributed by atoms with van der Waals surface area (Å²) in [6.07, 6.45) is 5.26. The number of carbonyl (C=O) groups excluding carboxylic acids is 1. The number of carbonyl (C=O) groups is 1. The van der Waals surface area contributed by atoms with Crippen molar-refractivity contribution >= 4 is 11.4 Å². The molecule has 0 atom stereocenters. The number of nitrogens with zero attached hydrogens (tertiary/aromatic N) is 5. The highest BCUT2D eigenvalue weighted by molar-refractivity contribution is 5.97. The highest BCUT2D eigenvalue weighted by Crippen LogP contribution is 2.07. The molecule has 0 radical (unpaired) electrons. The van der Waals surface area contributed by atoms with Crippen molar-refractivity contribution in [2.24, 2.45) is 7.05 Å². The highest BCUT2D eigenvalue weighted by Gasteiger charge is 2.10. The van der Waals surface area contributed by atoms with Gasteiger partial charge >= 0.3 is 0 Å². The molecule has 0 spiro atoms. The van der Waals surface area contributed by atoms with Crippen molar-refractivity contribution < 1.29 is 4.79 Å². The quantitative estimate of drug-likeness (QED) is 0.639. The summed E-state index contributed by atoms with van der Waals surface area (Å²) in [5.74, 6) is 0.0195. The molecule has 6 heteroatoms. The minimum absolute atomic E-state index is 0.0195. The van der Waals surface area contributed by atoms with Gasteiger partial charge in [0.05, 0.1) is 12.1 Å². The number of pyridine rings is 1. The summed E-state index contributed by atoms with van der Waals surface area (Å²) in [6, 6.07) is 5.37. The Morgan fingerprint density at radius 1 is 1.33 bits per heavy atom. The minimum Gasteiger partial charge on any atom is -0.294 e. The lowest BCUT2D eigenvalue weighted by Crippen LogP contribution is -2.06. The largest absolute Gasteiger partial charge is 0.294 e. The Morgan fingerprint density at radius 3 is 3.00 bits per heavy atom. The second-order valence-electron chi connectivity index (χ2n) is 4.06. The van der Waals surface area contributed by atoms with Crippen LogP contribution >= 0.6 is 0 Å². The van der Waals surface area contributed by atoms with E-state index < -0.39 is 0 Å². The molecule has 0 N–H and O–H groups in total. The van der Waals surface area contributed by atoms with Crippen molar-refractivity contribution in [1.82, 2.24) is 24.4 Å². The molecule has 3 aromatic heterocycles. The number of rotatable bonds is 3. The van der Waals surface area contributed by atoms with Gasteiger partial charge in [-0.05, 0) is 18.2 Å². The van der Waals surface area contributed by atoms with Crippen molar-refractivity contribution in [2.75, 3.05) is 0 Å². The Bertz CT molecular complexity index is 712. The fraction of sp³-hybridized carbons (Fsp3) is 0.167. The van der Waals surface area contributed by atoms with Crippen molar-refractivity contribution in [3.63, 3.8) is 0 Å². The number of hydrogen-bond donors (Lipinski definition) is 0. The average molecular weight is 241 g/mol. The van der Waals surface area contributed by atoms with Gasteiger partial charge in [0.15, 0.2) is 11.4 Å². The first kappa shape index (κ1) is 10.6. The molecule has 3 heterocycles. The van der Waals surface area contributed by atoms with Crippen molar-refractivity contribution in [1.29, 1.82) is 0 Å². The lowest BCUT2D eigenvalue weighted by molar-refractivity contribution is 0.0991. The van der Waals surface area contributed by atoms with Gasteiger partial charge in [-0.2, -0.15) is 10.2 Å². The lowest BCUT2D eigenvalue weighted by atomic mass is 10.1. The highest BCUT2D eigenvalue weighted by atomic mass is 16.1. The van der Waals surface area contributed by atoms with E-state index in [9.17, 15) is 4.79 Å². The maximum atomic E-state index is 12.1. The molecule has 0 saturated heterocycles. The summed E-state index contributed by atoms with van der Waals surface area (Å²) in [7, 11) is 1.83. The summed E-state index contributed by atoms with van der Waals surface area (Å²) in [4.78, 5) is 16.1. The maximum absolute atomic E-state index is 12.1. The zero-order chi connectivity index (χ0) is 12.5. The number of Topliss-reactive ketones (excluding diaryl/α,β-unsaturated/α-hetero) is 1. The van der Waals surface area contributed by atoms with Gasteiger partial charge in [0.2, 0.25) is 0 Å². The van der Waals surface area contributed by atoms with Gasteiger partial charge in [0.25, 0.3) is 0 Å². The summed E-state index contributed by atoms with van der Waals surface area (Å²) in [5.41, 5.74) is 2.10. The fourth-order valence-corrected chi connectivity index (χ4v) is 1.81. The summed E-state index contributed by atoms with van der Waals surface area (Å²) >= 11 is 0. The van der Waals surface area contributed by atoms with Gasteiger partial charge in [0, 0.05) is 25.0 Å².